The highest BCUT2D eigenvalue weighted by atomic mass is 35.5. The zero-order chi connectivity index (χ0) is 15.2. The lowest BCUT2D eigenvalue weighted by Gasteiger charge is -2.15. The topological polar surface area (TPSA) is 71.5 Å². The molecule has 0 unspecified atom stereocenters. The van der Waals surface area contributed by atoms with E-state index in [2.05, 4.69) is 5.32 Å². The number of anilines is 2. The number of rotatable bonds is 6. The van der Waals surface area contributed by atoms with Crippen LogP contribution in [0.25, 0.3) is 0 Å². The summed E-state index contributed by atoms with van der Waals surface area (Å²) in [5, 5.41) is 3.32. The molecule has 0 saturated heterocycles. The van der Waals surface area contributed by atoms with Gasteiger partial charge in [-0.2, -0.15) is 0 Å². The van der Waals surface area contributed by atoms with Crippen LogP contribution in [0.4, 0.5) is 11.4 Å². The summed E-state index contributed by atoms with van der Waals surface area (Å²) in [5.41, 5.74) is 6.83. The first-order valence-corrected chi connectivity index (χ1v) is 6.98. The second-order valence-electron chi connectivity index (χ2n) is 4.85. The third kappa shape index (κ3) is 4.81. The van der Waals surface area contributed by atoms with Crippen LogP contribution in [0.15, 0.2) is 41.0 Å². The molecule has 112 valence electrons. The van der Waals surface area contributed by atoms with Crippen LogP contribution >= 0.6 is 11.6 Å². The third-order valence-corrected chi connectivity index (χ3v) is 3.25. The highest BCUT2D eigenvalue weighted by Gasteiger charge is 2.08. The molecular formula is C15H18ClN3O2. The zero-order valence-electron chi connectivity index (χ0n) is 11.8. The van der Waals surface area contributed by atoms with Crippen molar-refractivity contribution in [3.8, 4) is 0 Å². The van der Waals surface area contributed by atoms with Crippen molar-refractivity contribution < 1.29 is 9.21 Å². The number of carbonyl (C=O) groups excluding carboxylic acids is 1. The lowest BCUT2D eigenvalue weighted by Crippen LogP contribution is -2.24. The number of carbonyl (C=O) groups is 1. The third-order valence-electron chi connectivity index (χ3n) is 3.01. The molecule has 3 N–H and O–H groups in total. The fourth-order valence-electron chi connectivity index (χ4n) is 1.90. The second-order valence-corrected chi connectivity index (χ2v) is 5.28. The summed E-state index contributed by atoms with van der Waals surface area (Å²) < 4.78 is 5.26. The summed E-state index contributed by atoms with van der Waals surface area (Å²) in [5.74, 6) is 0.787. The van der Waals surface area contributed by atoms with Crippen molar-refractivity contribution in [1.82, 2.24) is 4.90 Å². The Morgan fingerprint density at radius 1 is 1.43 bits per heavy atom. The van der Waals surface area contributed by atoms with Crippen LogP contribution in [-0.2, 0) is 11.3 Å². The first-order chi connectivity index (χ1) is 10.0. The van der Waals surface area contributed by atoms with E-state index in [1.807, 2.05) is 24.1 Å². The van der Waals surface area contributed by atoms with E-state index in [0.717, 1.165) is 5.76 Å². The van der Waals surface area contributed by atoms with E-state index in [-0.39, 0.29) is 5.91 Å². The first-order valence-electron chi connectivity index (χ1n) is 6.60. The highest BCUT2D eigenvalue weighted by Crippen LogP contribution is 2.22. The molecule has 0 saturated carbocycles. The molecule has 21 heavy (non-hydrogen) atoms. The van der Waals surface area contributed by atoms with Gasteiger partial charge in [-0.05, 0) is 37.4 Å². The summed E-state index contributed by atoms with van der Waals surface area (Å²) >= 11 is 5.82. The maximum atomic E-state index is 11.9. The molecule has 2 rings (SSSR count). The number of hydrogen-bond acceptors (Lipinski definition) is 4. The van der Waals surface area contributed by atoms with Gasteiger partial charge in [-0.1, -0.05) is 11.6 Å². The quantitative estimate of drug-likeness (QED) is 0.805. The summed E-state index contributed by atoms with van der Waals surface area (Å²) in [6, 6.07) is 8.75. The number of amides is 1. The Hall–Kier alpha value is -1.98. The van der Waals surface area contributed by atoms with Gasteiger partial charge in [0.2, 0.25) is 5.91 Å². The fraction of sp³-hybridized carbons (Fsp3) is 0.267. The van der Waals surface area contributed by atoms with Gasteiger partial charge in [0.1, 0.15) is 5.76 Å². The molecule has 0 fully saturated rings. The molecule has 0 spiro atoms. The largest absolute Gasteiger partial charge is 0.468 e. The minimum absolute atomic E-state index is 0.0877. The Morgan fingerprint density at radius 2 is 2.24 bits per heavy atom. The Labute approximate surface area is 128 Å². The van der Waals surface area contributed by atoms with E-state index in [4.69, 9.17) is 21.8 Å². The Morgan fingerprint density at radius 3 is 2.90 bits per heavy atom. The van der Waals surface area contributed by atoms with Crippen molar-refractivity contribution in [2.75, 3.05) is 24.6 Å². The van der Waals surface area contributed by atoms with Gasteiger partial charge >= 0.3 is 0 Å². The standard InChI is InChI=1S/C15H18ClN3O2/c1-19(10-12-3-2-8-21-12)7-6-15(20)18-14-5-4-11(16)9-13(14)17/h2-5,8-9H,6-7,10,17H2,1H3,(H,18,20). The molecule has 0 aliphatic rings. The number of benzene rings is 1. The average Bonchev–Trinajstić information content (AvgIpc) is 2.92. The van der Waals surface area contributed by atoms with Gasteiger partial charge in [-0.15, -0.1) is 0 Å². The van der Waals surface area contributed by atoms with E-state index >= 15 is 0 Å². The summed E-state index contributed by atoms with van der Waals surface area (Å²) in [7, 11) is 1.94. The molecule has 1 amide bonds. The number of nitrogens with zero attached hydrogens (tertiary/aromatic N) is 1. The summed E-state index contributed by atoms with van der Waals surface area (Å²) in [6.45, 7) is 1.30. The monoisotopic (exact) mass is 307 g/mol. The highest BCUT2D eigenvalue weighted by molar-refractivity contribution is 6.31. The molecule has 2 aromatic rings. The zero-order valence-corrected chi connectivity index (χ0v) is 12.6. The second kappa shape index (κ2) is 7.15. The van der Waals surface area contributed by atoms with E-state index in [1.54, 1.807) is 24.5 Å². The van der Waals surface area contributed by atoms with Crippen LogP contribution in [0.5, 0.6) is 0 Å². The Bertz CT molecular complexity index is 599. The summed E-state index contributed by atoms with van der Waals surface area (Å²) in [4.78, 5) is 13.9. The lowest BCUT2D eigenvalue weighted by atomic mass is 10.2. The Balaban J connectivity index is 1.79. The molecule has 6 heteroatoms. The van der Waals surface area contributed by atoms with Crippen molar-refractivity contribution >= 4 is 28.9 Å². The predicted octanol–water partition coefficient (Wildman–Crippen LogP) is 2.98. The molecule has 1 aromatic carbocycles. The number of hydrogen-bond donors (Lipinski definition) is 2. The molecule has 0 atom stereocenters. The van der Waals surface area contributed by atoms with Crippen LogP contribution < -0.4 is 11.1 Å². The van der Waals surface area contributed by atoms with Gasteiger partial charge in [-0.3, -0.25) is 9.69 Å². The maximum Gasteiger partial charge on any atom is 0.225 e. The molecule has 1 heterocycles. The molecular weight excluding hydrogens is 290 g/mol. The number of nitrogen functional groups attached to an aromatic ring is 1. The number of nitrogens with two attached hydrogens (primary N) is 1. The maximum absolute atomic E-state index is 11.9. The normalized spacial score (nSPS) is 10.8. The SMILES string of the molecule is CN(CCC(=O)Nc1ccc(Cl)cc1N)Cc1ccco1. The van der Waals surface area contributed by atoms with Crippen LogP contribution in [0.3, 0.4) is 0 Å². The van der Waals surface area contributed by atoms with Crippen molar-refractivity contribution in [2.45, 2.75) is 13.0 Å². The van der Waals surface area contributed by atoms with Gasteiger partial charge in [0.05, 0.1) is 24.2 Å². The molecule has 0 aliphatic carbocycles. The van der Waals surface area contributed by atoms with Crippen molar-refractivity contribution in [2.24, 2.45) is 0 Å². The van der Waals surface area contributed by atoms with Gasteiger partial charge in [0.15, 0.2) is 0 Å². The van der Waals surface area contributed by atoms with E-state index in [0.29, 0.717) is 35.9 Å². The number of halogens is 1. The number of furan rings is 1. The molecule has 0 radical (unpaired) electrons. The Kier molecular flexibility index (Phi) is 5.25. The van der Waals surface area contributed by atoms with Crippen LogP contribution in [0.1, 0.15) is 12.2 Å². The summed E-state index contributed by atoms with van der Waals surface area (Å²) in [6.07, 6.45) is 2.01. The van der Waals surface area contributed by atoms with Crippen LogP contribution in [-0.4, -0.2) is 24.4 Å². The molecule has 0 bridgehead atoms. The van der Waals surface area contributed by atoms with Crippen molar-refractivity contribution in [3.05, 3.63) is 47.4 Å². The van der Waals surface area contributed by atoms with Gasteiger partial charge < -0.3 is 15.5 Å². The lowest BCUT2D eigenvalue weighted by molar-refractivity contribution is -0.116. The molecule has 1 aromatic heterocycles. The minimum atomic E-state index is -0.0877. The first kappa shape index (κ1) is 15.4. The van der Waals surface area contributed by atoms with Crippen LogP contribution in [0, 0.1) is 0 Å². The smallest absolute Gasteiger partial charge is 0.225 e. The fourth-order valence-corrected chi connectivity index (χ4v) is 2.08. The van der Waals surface area contributed by atoms with E-state index in [1.165, 1.54) is 0 Å². The van der Waals surface area contributed by atoms with Crippen molar-refractivity contribution in [1.29, 1.82) is 0 Å². The van der Waals surface area contributed by atoms with Gasteiger partial charge in [0.25, 0.3) is 0 Å². The van der Waals surface area contributed by atoms with E-state index < -0.39 is 0 Å². The number of nitrogens with one attached hydrogen (secondary N) is 1. The average molecular weight is 308 g/mol. The molecule has 5 nitrogen and oxygen atoms in total. The van der Waals surface area contributed by atoms with E-state index in [9.17, 15) is 4.79 Å². The van der Waals surface area contributed by atoms with Gasteiger partial charge in [0, 0.05) is 18.0 Å². The van der Waals surface area contributed by atoms with Crippen LogP contribution in [0.2, 0.25) is 5.02 Å². The van der Waals surface area contributed by atoms with Crippen molar-refractivity contribution in [3.63, 3.8) is 0 Å². The molecule has 0 aliphatic heterocycles. The van der Waals surface area contributed by atoms with Gasteiger partial charge in [-0.25, -0.2) is 0 Å². The predicted molar refractivity (Wildman–Crippen MR) is 84.2 cm³/mol. The minimum Gasteiger partial charge on any atom is -0.468 e.